The number of benzene rings is 2. The van der Waals surface area contributed by atoms with Gasteiger partial charge in [0.25, 0.3) is 0 Å². The molecule has 0 fully saturated rings. The van der Waals surface area contributed by atoms with E-state index in [9.17, 15) is 0 Å². The summed E-state index contributed by atoms with van der Waals surface area (Å²) in [6, 6.07) is 16.1. The van der Waals surface area contributed by atoms with Crippen LogP contribution in [-0.4, -0.2) is 9.97 Å². The fourth-order valence-electron chi connectivity index (χ4n) is 2.31. The zero-order valence-corrected chi connectivity index (χ0v) is 11.8. The van der Waals surface area contributed by atoms with Crippen molar-refractivity contribution < 1.29 is 4.74 Å². The highest BCUT2D eigenvalue weighted by atomic mass is 16.5. The molecule has 3 nitrogen and oxygen atoms in total. The second-order valence-electron chi connectivity index (χ2n) is 4.97. The summed E-state index contributed by atoms with van der Waals surface area (Å²) in [5, 5.41) is 0. The molecule has 0 aliphatic heterocycles. The predicted octanol–water partition coefficient (Wildman–Crippen LogP) is 4.40. The summed E-state index contributed by atoms with van der Waals surface area (Å²) in [6.07, 6.45) is 0.817. The maximum Gasteiger partial charge on any atom is 0.156 e. The molecule has 0 aliphatic rings. The molecule has 2 aromatic carbocycles. The van der Waals surface area contributed by atoms with Crippen molar-refractivity contribution in [2.45, 2.75) is 26.4 Å². The fourth-order valence-corrected chi connectivity index (χ4v) is 2.31. The number of H-pyrrole nitrogens is 1. The van der Waals surface area contributed by atoms with E-state index in [1.165, 1.54) is 5.56 Å². The fraction of sp³-hybridized carbons (Fsp3) is 0.235. The monoisotopic (exact) mass is 266 g/mol. The van der Waals surface area contributed by atoms with Crippen LogP contribution in [0.1, 0.15) is 30.8 Å². The van der Waals surface area contributed by atoms with Crippen molar-refractivity contribution in [1.29, 1.82) is 0 Å². The van der Waals surface area contributed by atoms with Crippen molar-refractivity contribution in [1.82, 2.24) is 9.97 Å². The third-order valence-electron chi connectivity index (χ3n) is 3.35. The molecule has 0 amide bonds. The maximum absolute atomic E-state index is 6.07. The van der Waals surface area contributed by atoms with E-state index < -0.39 is 0 Å². The lowest BCUT2D eigenvalue weighted by Crippen LogP contribution is -2.08. The summed E-state index contributed by atoms with van der Waals surface area (Å²) in [5.74, 6) is 1.77. The summed E-state index contributed by atoms with van der Waals surface area (Å²) in [6.45, 7) is 4.17. The lowest BCUT2D eigenvalue weighted by atomic mass is 10.2. The van der Waals surface area contributed by atoms with Gasteiger partial charge in [-0.15, -0.1) is 0 Å². The average Bonchev–Trinajstić information content (AvgIpc) is 2.88. The van der Waals surface area contributed by atoms with Crippen LogP contribution in [0.5, 0.6) is 5.75 Å². The van der Waals surface area contributed by atoms with Crippen LogP contribution in [0.25, 0.3) is 11.0 Å². The predicted molar refractivity (Wildman–Crippen MR) is 80.9 cm³/mol. The zero-order valence-electron chi connectivity index (χ0n) is 11.8. The Hall–Kier alpha value is -2.29. The third kappa shape index (κ3) is 2.52. The Morgan fingerprint density at radius 1 is 1.15 bits per heavy atom. The molecular weight excluding hydrogens is 248 g/mol. The van der Waals surface area contributed by atoms with Crippen LogP contribution in [0.15, 0.2) is 48.5 Å². The number of hydrogen-bond acceptors (Lipinski definition) is 2. The minimum absolute atomic E-state index is 0.0517. The van der Waals surface area contributed by atoms with Crippen molar-refractivity contribution in [2.75, 3.05) is 0 Å². The highest BCUT2D eigenvalue weighted by Gasteiger charge is 2.15. The number of hydrogen-bond donors (Lipinski definition) is 1. The minimum atomic E-state index is -0.0517. The smallest absolute Gasteiger partial charge is 0.156 e. The molecule has 0 saturated heterocycles. The molecular formula is C17H18N2O. The van der Waals surface area contributed by atoms with E-state index in [4.69, 9.17) is 4.74 Å². The summed E-state index contributed by atoms with van der Waals surface area (Å²) in [5.41, 5.74) is 3.23. The van der Waals surface area contributed by atoms with E-state index in [0.717, 1.165) is 29.0 Å². The molecule has 0 radical (unpaired) electrons. The maximum atomic E-state index is 6.07. The second-order valence-corrected chi connectivity index (χ2v) is 4.97. The lowest BCUT2D eigenvalue weighted by Gasteiger charge is -2.15. The molecule has 0 bridgehead atoms. The number of aromatic amines is 1. The Balaban J connectivity index is 1.89. The molecule has 102 valence electrons. The SMILES string of the molecule is CC[C@H](Oc1cccc(C)c1)c1nc2ccccc2[nH]1. The van der Waals surface area contributed by atoms with Crippen molar-refractivity contribution >= 4 is 11.0 Å². The zero-order chi connectivity index (χ0) is 13.9. The summed E-state index contributed by atoms with van der Waals surface area (Å²) < 4.78 is 6.07. The summed E-state index contributed by atoms with van der Waals surface area (Å²) in [4.78, 5) is 7.97. The van der Waals surface area contributed by atoms with Crippen molar-refractivity contribution in [3.8, 4) is 5.75 Å². The summed E-state index contributed by atoms with van der Waals surface area (Å²) in [7, 11) is 0. The highest BCUT2D eigenvalue weighted by Crippen LogP contribution is 2.25. The number of fused-ring (bicyclic) bond motifs is 1. The van der Waals surface area contributed by atoms with Crippen LogP contribution in [0.3, 0.4) is 0 Å². The van der Waals surface area contributed by atoms with E-state index >= 15 is 0 Å². The van der Waals surface area contributed by atoms with Gasteiger partial charge in [-0.05, 0) is 43.2 Å². The van der Waals surface area contributed by atoms with Gasteiger partial charge in [-0.25, -0.2) is 4.98 Å². The normalized spacial score (nSPS) is 12.5. The van der Waals surface area contributed by atoms with Crippen LogP contribution in [0, 0.1) is 6.92 Å². The number of ether oxygens (including phenoxy) is 1. The topological polar surface area (TPSA) is 37.9 Å². The van der Waals surface area contributed by atoms with Crippen LogP contribution in [-0.2, 0) is 0 Å². The molecule has 1 heterocycles. The Labute approximate surface area is 118 Å². The molecule has 0 spiro atoms. The number of nitrogens with zero attached hydrogens (tertiary/aromatic N) is 1. The van der Waals surface area contributed by atoms with E-state index in [1.54, 1.807) is 0 Å². The van der Waals surface area contributed by atoms with Crippen LogP contribution in [0.2, 0.25) is 0 Å². The molecule has 1 atom stereocenters. The largest absolute Gasteiger partial charge is 0.483 e. The van der Waals surface area contributed by atoms with Crippen LogP contribution < -0.4 is 4.74 Å². The first kappa shape index (κ1) is 12.7. The first-order chi connectivity index (χ1) is 9.76. The van der Waals surface area contributed by atoms with Gasteiger partial charge in [-0.2, -0.15) is 0 Å². The quantitative estimate of drug-likeness (QED) is 0.760. The lowest BCUT2D eigenvalue weighted by molar-refractivity contribution is 0.192. The molecule has 1 N–H and O–H groups in total. The average molecular weight is 266 g/mol. The molecule has 0 unspecified atom stereocenters. The molecule has 3 rings (SSSR count). The Kier molecular flexibility index (Phi) is 3.42. The van der Waals surface area contributed by atoms with Crippen molar-refractivity contribution in [2.24, 2.45) is 0 Å². The van der Waals surface area contributed by atoms with Gasteiger partial charge in [0.2, 0.25) is 0 Å². The first-order valence-corrected chi connectivity index (χ1v) is 6.94. The van der Waals surface area contributed by atoms with Gasteiger partial charge in [-0.1, -0.05) is 31.2 Å². The molecule has 0 aliphatic carbocycles. The Bertz CT molecular complexity index is 685. The third-order valence-corrected chi connectivity index (χ3v) is 3.35. The van der Waals surface area contributed by atoms with Gasteiger partial charge in [0.05, 0.1) is 11.0 Å². The van der Waals surface area contributed by atoms with E-state index in [0.29, 0.717) is 0 Å². The van der Waals surface area contributed by atoms with Crippen LogP contribution in [0.4, 0.5) is 0 Å². The molecule has 0 saturated carbocycles. The summed E-state index contributed by atoms with van der Waals surface area (Å²) >= 11 is 0. The van der Waals surface area contributed by atoms with Gasteiger partial charge >= 0.3 is 0 Å². The number of nitrogens with one attached hydrogen (secondary N) is 1. The molecule has 20 heavy (non-hydrogen) atoms. The van der Waals surface area contributed by atoms with Gasteiger partial charge in [0.15, 0.2) is 6.10 Å². The number of para-hydroxylation sites is 2. The minimum Gasteiger partial charge on any atom is -0.483 e. The first-order valence-electron chi connectivity index (χ1n) is 6.94. The number of rotatable bonds is 4. The molecule has 1 aromatic heterocycles. The Morgan fingerprint density at radius 3 is 2.75 bits per heavy atom. The number of aryl methyl sites for hydroxylation is 1. The second kappa shape index (κ2) is 5.37. The molecule has 3 aromatic rings. The standard InChI is InChI=1S/C17H18N2O/c1-3-16(20-13-8-6-7-12(2)11-13)17-18-14-9-4-5-10-15(14)19-17/h4-11,16H,3H2,1-2H3,(H,18,19)/t16-/m0/s1. The van der Waals surface area contributed by atoms with E-state index in [-0.39, 0.29) is 6.10 Å². The van der Waals surface area contributed by atoms with E-state index in [1.807, 2.05) is 42.5 Å². The van der Waals surface area contributed by atoms with Gasteiger partial charge in [-0.3, -0.25) is 0 Å². The van der Waals surface area contributed by atoms with Gasteiger partial charge in [0, 0.05) is 0 Å². The number of aromatic nitrogens is 2. The van der Waals surface area contributed by atoms with Crippen molar-refractivity contribution in [3.05, 3.63) is 59.9 Å². The van der Waals surface area contributed by atoms with Gasteiger partial charge in [0.1, 0.15) is 11.6 Å². The molecule has 3 heteroatoms. The van der Waals surface area contributed by atoms with Crippen molar-refractivity contribution in [3.63, 3.8) is 0 Å². The van der Waals surface area contributed by atoms with Gasteiger partial charge < -0.3 is 9.72 Å². The highest BCUT2D eigenvalue weighted by molar-refractivity contribution is 5.74. The Morgan fingerprint density at radius 2 is 2.00 bits per heavy atom. The van der Waals surface area contributed by atoms with Crippen LogP contribution >= 0.6 is 0 Å². The number of imidazole rings is 1. The van der Waals surface area contributed by atoms with E-state index in [2.05, 4.69) is 29.9 Å².